The monoisotopic (exact) mass is 300 g/mol. The van der Waals surface area contributed by atoms with E-state index < -0.39 is 0 Å². The number of H-pyrrole nitrogens is 1. The Labute approximate surface area is 95.3 Å². The van der Waals surface area contributed by atoms with Crippen molar-refractivity contribution in [1.29, 1.82) is 0 Å². The number of nitrogens with one attached hydrogen (secondary N) is 2. The molecule has 5 heteroatoms. The zero-order valence-electron chi connectivity index (χ0n) is 7.58. The van der Waals surface area contributed by atoms with Crippen molar-refractivity contribution in [1.82, 2.24) is 15.2 Å². The largest absolute Gasteiger partial charge is 0.388 e. The first-order valence-electron chi connectivity index (χ1n) is 4.14. The minimum atomic E-state index is 0.722. The van der Waals surface area contributed by atoms with E-state index in [9.17, 15) is 0 Å². The Kier molecular flexibility index (Phi) is 2.67. The summed E-state index contributed by atoms with van der Waals surface area (Å²) in [4.78, 5) is 4.11. The van der Waals surface area contributed by atoms with Crippen molar-refractivity contribution < 1.29 is 0 Å². The van der Waals surface area contributed by atoms with Crippen molar-refractivity contribution in [2.75, 3.05) is 12.4 Å². The summed E-state index contributed by atoms with van der Waals surface area (Å²) in [6, 6.07) is 6.13. The fourth-order valence-electron chi connectivity index (χ4n) is 1.21. The van der Waals surface area contributed by atoms with Gasteiger partial charge >= 0.3 is 0 Å². The van der Waals surface area contributed by atoms with E-state index in [1.165, 1.54) is 0 Å². The summed E-state index contributed by atoms with van der Waals surface area (Å²) in [7, 11) is 1.90. The third kappa shape index (κ3) is 1.87. The summed E-state index contributed by atoms with van der Waals surface area (Å²) in [6.45, 7) is 0. The van der Waals surface area contributed by atoms with Gasteiger partial charge in [0.15, 0.2) is 5.82 Å². The molecule has 72 valence electrons. The summed E-state index contributed by atoms with van der Waals surface area (Å²) >= 11 is 2.27. The van der Waals surface area contributed by atoms with Gasteiger partial charge in [-0.1, -0.05) is 0 Å². The van der Waals surface area contributed by atoms with E-state index in [2.05, 4.69) is 49.2 Å². The van der Waals surface area contributed by atoms with Gasteiger partial charge in [0, 0.05) is 21.9 Å². The Bertz CT molecular complexity index is 424. The lowest BCUT2D eigenvalue weighted by atomic mass is 10.2. The summed E-state index contributed by atoms with van der Waals surface area (Å²) in [5, 5.41) is 9.84. The fourth-order valence-corrected chi connectivity index (χ4v) is 1.88. The summed E-state index contributed by atoms with van der Waals surface area (Å²) in [5.41, 5.74) is 2.08. The molecule has 0 saturated carbocycles. The van der Waals surface area contributed by atoms with E-state index in [1.54, 1.807) is 6.33 Å². The zero-order chi connectivity index (χ0) is 9.97. The minimum Gasteiger partial charge on any atom is -0.388 e. The van der Waals surface area contributed by atoms with Crippen molar-refractivity contribution in [2.24, 2.45) is 0 Å². The maximum Gasteiger partial charge on any atom is 0.180 e. The third-order valence-corrected chi connectivity index (χ3v) is 2.48. The quantitative estimate of drug-likeness (QED) is 0.835. The van der Waals surface area contributed by atoms with Gasteiger partial charge in [-0.25, -0.2) is 4.98 Å². The number of halogens is 1. The number of rotatable bonds is 2. The highest BCUT2D eigenvalue weighted by Gasteiger charge is 2.03. The predicted molar refractivity (Wildman–Crippen MR) is 64.1 cm³/mol. The highest BCUT2D eigenvalue weighted by atomic mass is 127. The molecule has 4 nitrogen and oxygen atoms in total. The van der Waals surface area contributed by atoms with Crippen molar-refractivity contribution in [3.05, 3.63) is 28.1 Å². The molecule has 0 amide bonds. The van der Waals surface area contributed by atoms with Crippen LogP contribution in [-0.4, -0.2) is 22.2 Å². The number of hydrogen-bond acceptors (Lipinski definition) is 3. The number of aromatic amines is 1. The number of aromatic nitrogens is 3. The van der Waals surface area contributed by atoms with Gasteiger partial charge < -0.3 is 5.32 Å². The second kappa shape index (κ2) is 3.95. The van der Waals surface area contributed by atoms with Crippen LogP contribution in [0.25, 0.3) is 11.4 Å². The molecule has 0 aliphatic carbocycles. The normalized spacial score (nSPS) is 10.1. The lowest BCUT2D eigenvalue weighted by Crippen LogP contribution is -1.90. The molecule has 0 aliphatic rings. The van der Waals surface area contributed by atoms with Crippen LogP contribution in [0.2, 0.25) is 0 Å². The van der Waals surface area contributed by atoms with E-state index in [0.717, 1.165) is 20.6 Å². The molecule has 0 radical (unpaired) electrons. The van der Waals surface area contributed by atoms with E-state index in [4.69, 9.17) is 0 Å². The molecule has 0 aliphatic heterocycles. The molecule has 1 aromatic heterocycles. The van der Waals surface area contributed by atoms with E-state index in [-0.39, 0.29) is 0 Å². The fraction of sp³-hybridized carbons (Fsp3) is 0.111. The summed E-state index contributed by atoms with van der Waals surface area (Å²) in [5.74, 6) is 0.722. The molecular weight excluding hydrogens is 291 g/mol. The van der Waals surface area contributed by atoms with E-state index in [1.807, 2.05) is 19.2 Å². The van der Waals surface area contributed by atoms with Crippen LogP contribution in [0.15, 0.2) is 24.5 Å². The van der Waals surface area contributed by atoms with Crippen LogP contribution in [0, 0.1) is 3.57 Å². The van der Waals surface area contributed by atoms with Crippen LogP contribution < -0.4 is 5.32 Å². The van der Waals surface area contributed by atoms with Gasteiger partial charge in [-0.3, -0.25) is 5.10 Å². The molecule has 0 unspecified atom stereocenters. The molecular formula is C9H9IN4. The lowest BCUT2D eigenvalue weighted by Gasteiger charge is -2.03. The number of anilines is 1. The topological polar surface area (TPSA) is 53.6 Å². The van der Waals surface area contributed by atoms with Crippen LogP contribution in [0.1, 0.15) is 0 Å². The van der Waals surface area contributed by atoms with Crippen LogP contribution in [0.4, 0.5) is 5.69 Å². The number of nitrogens with zero attached hydrogens (tertiary/aromatic N) is 2. The van der Waals surface area contributed by atoms with Crippen molar-refractivity contribution in [3.8, 4) is 11.4 Å². The molecule has 2 aromatic rings. The predicted octanol–water partition coefficient (Wildman–Crippen LogP) is 2.12. The highest BCUT2D eigenvalue weighted by molar-refractivity contribution is 14.1. The minimum absolute atomic E-state index is 0.722. The second-order valence-electron chi connectivity index (χ2n) is 2.80. The molecule has 14 heavy (non-hydrogen) atoms. The standard InChI is InChI=1S/C9H9IN4/c1-11-8-3-6(2-7(10)4-8)9-12-5-13-14-9/h2-5,11H,1H3,(H,12,13,14). The zero-order valence-corrected chi connectivity index (χ0v) is 9.74. The first kappa shape index (κ1) is 9.45. The number of benzene rings is 1. The maximum atomic E-state index is 4.11. The van der Waals surface area contributed by atoms with Gasteiger partial charge in [-0.2, -0.15) is 5.10 Å². The Morgan fingerprint density at radius 2 is 2.21 bits per heavy atom. The molecule has 1 aromatic carbocycles. The van der Waals surface area contributed by atoms with E-state index >= 15 is 0 Å². The Hall–Kier alpha value is -1.11. The Balaban J connectivity index is 2.48. The van der Waals surface area contributed by atoms with Gasteiger partial charge in [-0.05, 0) is 40.8 Å². The Morgan fingerprint density at radius 3 is 2.86 bits per heavy atom. The highest BCUT2D eigenvalue weighted by Crippen LogP contribution is 2.22. The van der Waals surface area contributed by atoms with Crippen LogP contribution in [0.3, 0.4) is 0 Å². The van der Waals surface area contributed by atoms with Gasteiger partial charge in [0.1, 0.15) is 6.33 Å². The van der Waals surface area contributed by atoms with Gasteiger partial charge in [-0.15, -0.1) is 0 Å². The molecule has 2 N–H and O–H groups in total. The molecule has 1 heterocycles. The molecule has 0 spiro atoms. The van der Waals surface area contributed by atoms with Gasteiger partial charge in [0.25, 0.3) is 0 Å². The van der Waals surface area contributed by atoms with Gasteiger partial charge in [0.2, 0.25) is 0 Å². The SMILES string of the molecule is CNc1cc(I)cc(-c2nc[nH]n2)c1. The van der Waals surface area contributed by atoms with Crippen molar-refractivity contribution >= 4 is 28.3 Å². The smallest absolute Gasteiger partial charge is 0.180 e. The van der Waals surface area contributed by atoms with Crippen LogP contribution in [-0.2, 0) is 0 Å². The van der Waals surface area contributed by atoms with Gasteiger partial charge in [0.05, 0.1) is 0 Å². The molecule has 0 saturated heterocycles. The third-order valence-electron chi connectivity index (χ3n) is 1.86. The Morgan fingerprint density at radius 1 is 1.36 bits per heavy atom. The van der Waals surface area contributed by atoms with Crippen molar-refractivity contribution in [2.45, 2.75) is 0 Å². The average molecular weight is 300 g/mol. The first-order chi connectivity index (χ1) is 6.79. The first-order valence-corrected chi connectivity index (χ1v) is 5.22. The average Bonchev–Trinajstić information content (AvgIpc) is 2.69. The maximum absolute atomic E-state index is 4.11. The van der Waals surface area contributed by atoms with Crippen LogP contribution in [0.5, 0.6) is 0 Å². The van der Waals surface area contributed by atoms with E-state index in [0.29, 0.717) is 0 Å². The molecule has 2 rings (SSSR count). The molecule has 0 fully saturated rings. The van der Waals surface area contributed by atoms with Crippen LogP contribution >= 0.6 is 22.6 Å². The lowest BCUT2D eigenvalue weighted by molar-refractivity contribution is 1.09. The molecule has 0 bridgehead atoms. The summed E-state index contributed by atoms with van der Waals surface area (Å²) in [6.07, 6.45) is 1.58. The molecule has 0 atom stereocenters. The summed E-state index contributed by atoms with van der Waals surface area (Å²) < 4.78 is 1.16. The second-order valence-corrected chi connectivity index (χ2v) is 4.05. The number of hydrogen-bond donors (Lipinski definition) is 2. The van der Waals surface area contributed by atoms with Crippen molar-refractivity contribution in [3.63, 3.8) is 0 Å².